The van der Waals surface area contributed by atoms with Crippen molar-refractivity contribution in [3.05, 3.63) is 106 Å². The molecule has 0 aliphatic rings. The fraction of sp³-hybridized carbons (Fsp3) is 0.0800. The van der Waals surface area contributed by atoms with Crippen LogP contribution in [-0.2, 0) is 4.79 Å². The van der Waals surface area contributed by atoms with Gasteiger partial charge >= 0.3 is 0 Å². The number of nitrogens with zero attached hydrogens (tertiary/aromatic N) is 2. The van der Waals surface area contributed by atoms with E-state index in [1.54, 1.807) is 48.5 Å². The highest BCUT2D eigenvalue weighted by Crippen LogP contribution is 2.15. The van der Waals surface area contributed by atoms with Crippen LogP contribution in [0, 0.1) is 0 Å². The maximum atomic E-state index is 12.8. The molecule has 7 heteroatoms. The molecule has 2 N–H and O–H groups in total. The van der Waals surface area contributed by atoms with E-state index >= 15 is 0 Å². The zero-order valence-corrected chi connectivity index (χ0v) is 18.5. The van der Waals surface area contributed by atoms with Crippen LogP contribution in [-0.4, -0.2) is 32.1 Å². The molecule has 0 heterocycles. The summed E-state index contributed by atoms with van der Waals surface area (Å²) in [7, 11) is 3.89. The van der Waals surface area contributed by atoms with Crippen LogP contribution in [0.15, 0.2) is 89.7 Å². The third-order valence-electron chi connectivity index (χ3n) is 4.52. The predicted molar refractivity (Wildman–Crippen MR) is 130 cm³/mol. The van der Waals surface area contributed by atoms with E-state index < -0.39 is 11.8 Å². The first kappa shape index (κ1) is 22.8. The van der Waals surface area contributed by atoms with Gasteiger partial charge in [0, 0.05) is 35.9 Å². The summed E-state index contributed by atoms with van der Waals surface area (Å²) in [6.45, 7) is 0. The highest BCUT2D eigenvalue weighted by molar-refractivity contribution is 6.33. The Balaban J connectivity index is 1.82. The molecule has 0 aromatic heterocycles. The summed E-state index contributed by atoms with van der Waals surface area (Å²) < 4.78 is 0. The number of rotatable bonds is 7. The molecule has 2 amide bonds. The van der Waals surface area contributed by atoms with Gasteiger partial charge in [-0.25, -0.2) is 5.43 Å². The van der Waals surface area contributed by atoms with E-state index in [4.69, 9.17) is 11.6 Å². The molecule has 0 saturated heterocycles. The summed E-state index contributed by atoms with van der Waals surface area (Å²) in [5, 5.41) is 7.17. The summed E-state index contributed by atoms with van der Waals surface area (Å²) in [5.41, 5.74) is 5.38. The SMILES string of the molecule is CN(C)c1ccc(/C=C(/NC(=O)c2ccccc2)C(=O)N/N=C/c2ccccc2Cl)cc1. The average molecular weight is 447 g/mol. The van der Waals surface area contributed by atoms with Crippen molar-refractivity contribution in [2.24, 2.45) is 5.10 Å². The van der Waals surface area contributed by atoms with Gasteiger partial charge in [-0.2, -0.15) is 5.10 Å². The van der Waals surface area contributed by atoms with E-state index in [-0.39, 0.29) is 5.70 Å². The van der Waals surface area contributed by atoms with Crippen molar-refractivity contribution in [3.63, 3.8) is 0 Å². The first-order chi connectivity index (χ1) is 15.4. The number of amides is 2. The van der Waals surface area contributed by atoms with E-state index in [0.29, 0.717) is 16.1 Å². The first-order valence-corrected chi connectivity index (χ1v) is 10.3. The monoisotopic (exact) mass is 446 g/mol. The van der Waals surface area contributed by atoms with Crippen molar-refractivity contribution >= 4 is 41.4 Å². The summed E-state index contributed by atoms with van der Waals surface area (Å²) in [4.78, 5) is 27.4. The van der Waals surface area contributed by atoms with Crippen LogP contribution in [0.3, 0.4) is 0 Å². The Hall–Kier alpha value is -3.90. The molecule has 0 unspecified atom stereocenters. The topological polar surface area (TPSA) is 73.8 Å². The number of hydrogen-bond acceptors (Lipinski definition) is 4. The van der Waals surface area contributed by atoms with Gasteiger partial charge in [0.2, 0.25) is 0 Å². The fourth-order valence-electron chi connectivity index (χ4n) is 2.78. The maximum absolute atomic E-state index is 12.8. The summed E-state index contributed by atoms with van der Waals surface area (Å²) in [6.07, 6.45) is 3.05. The zero-order chi connectivity index (χ0) is 22.9. The van der Waals surface area contributed by atoms with Gasteiger partial charge < -0.3 is 10.2 Å². The molecular formula is C25H23ClN4O2. The molecule has 6 nitrogen and oxygen atoms in total. The highest BCUT2D eigenvalue weighted by Gasteiger charge is 2.14. The molecule has 0 saturated carbocycles. The molecule has 0 radical (unpaired) electrons. The van der Waals surface area contributed by atoms with Gasteiger partial charge in [-0.05, 0) is 42.0 Å². The lowest BCUT2D eigenvalue weighted by Crippen LogP contribution is -2.32. The molecule has 162 valence electrons. The quantitative estimate of drug-likeness (QED) is 0.322. The van der Waals surface area contributed by atoms with E-state index in [9.17, 15) is 9.59 Å². The largest absolute Gasteiger partial charge is 0.378 e. The Morgan fingerprint density at radius 2 is 1.56 bits per heavy atom. The summed E-state index contributed by atoms with van der Waals surface area (Å²) in [5.74, 6) is -0.957. The number of hydrazone groups is 1. The standard InChI is InChI=1S/C25H23ClN4O2/c1-30(2)21-14-12-18(13-15-21)16-23(28-24(31)19-8-4-3-5-9-19)25(32)29-27-17-20-10-6-7-11-22(20)26/h3-17H,1-2H3,(H,28,31)(H,29,32)/b23-16+,27-17+. The van der Waals surface area contributed by atoms with Crippen LogP contribution >= 0.6 is 11.6 Å². The van der Waals surface area contributed by atoms with Crippen LogP contribution in [0.25, 0.3) is 6.08 Å². The lowest BCUT2D eigenvalue weighted by Gasteiger charge is -2.12. The van der Waals surface area contributed by atoms with Gasteiger partial charge in [0.25, 0.3) is 11.8 Å². The van der Waals surface area contributed by atoms with Crippen LogP contribution in [0.5, 0.6) is 0 Å². The number of carbonyl (C=O) groups excluding carboxylic acids is 2. The smallest absolute Gasteiger partial charge is 0.287 e. The zero-order valence-electron chi connectivity index (χ0n) is 17.7. The Morgan fingerprint density at radius 3 is 2.22 bits per heavy atom. The summed E-state index contributed by atoms with van der Waals surface area (Å²) >= 11 is 6.11. The van der Waals surface area contributed by atoms with E-state index in [2.05, 4.69) is 15.8 Å². The summed E-state index contributed by atoms with van der Waals surface area (Å²) in [6, 6.07) is 23.4. The molecule has 0 bridgehead atoms. The van der Waals surface area contributed by atoms with Crippen LogP contribution in [0.4, 0.5) is 5.69 Å². The first-order valence-electron chi connectivity index (χ1n) is 9.87. The normalized spacial score (nSPS) is 11.3. The van der Waals surface area contributed by atoms with Crippen LogP contribution in [0.1, 0.15) is 21.5 Å². The molecule has 0 aliphatic carbocycles. The maximum Gasteiger partial charge on any atom is 0.287 e. The van der Waals surface area contributed by atoms with Crippen molar-refractivity contribution in [2.45, 2.75) is 0 Å². The second kappa shape index (κ2) is 10.9. The number of nitrogens with one attached hydrogen (secondary N) is 2. The Labute approximate surface area is 192 Å². The Morgan fingerprint density at radius 1 is 0.906 bits per heavy atom. The van der Waals surface area contributed by atoms with Gasteiger partial charge in [0.05, 0.1) is 6.21 Å². The minimum atomic E-state index is -0.561. The van der Waals surface area contributed by atoms with E-state index in [0.717, 1.165) is 11.3 Å². The second-order valence-electron chi connectivity index (χ2n) is 7.08. The van der Waals surface area contributed by atoms with Gasteiger partial charge in [0.1, 0.15) is 5.70 Å². The molecule has 0 atom stereocenters. The highest BCUT2D eigenvalue weighted by atomic mass is 35.5. The number of hydrogen-bond donors (Lipinski definition) is 2. The molecule has 3 rings (SSSR count). The minimum absolute atomic E-state index is 0.0627. The van der Waals surface area contributed by atoms with Crippen LogP contribution < -0.4 is 15.6 Å². The number of benzene rings is 3. The lowest BCUT2D eigenvalue weighted by molar-refractivity contribution is -0.117. The third kappa shape index (κ3) is 6.30. The molecule has 3 aromatic rings. The predicted octanol–water partition coefficient (Wildman–Crippen LogP) is 4.33. The Kier molecular flexibility index (Phi) is 7.78. The van der Waals surface area contributed by atoms with Crippen LogP contribution in [0.2, 0.25) is 5.02 Å². The van der Waals surface area contributed by atoms with E-state index in [1.807, 2.05) is 55.4 Å². The third-order valence-corrected chi connectivity index (χ3v) is 4.87. The Bertz CT molecular complexity index is 1140. The van der Waals surface area contributed by atoms with Crippen molar-refractivity contribution < 1.29 is 9.59 Å². The average Bonchev–Trinajstić information content (AvgIpc) is 2.80. The molecule has 3 aromatic carbocycles. The lowest BCUT2D eigenvalue weighted by atomic mass is 10.1. The van der Waals surface area contributed by atoms with Gasteiger partial charge in [-0.1, -0.05) is 60.1 Å². The fourth-order valence-corrected chi connectivity index (χ4v) is 2.96. The molecule has 0 fully saturated rings. The molecule has 0 spiro atoms. The second-order valence-corrected chi connectivity index (χ2v) is 7.49. The van der Waals surface area contributed by atoms with Gasteiger partial charge in [0.15, 0.2) is 0 Å². The molecule has 32 heavy (non-hydrogen) atoms. The van der Waals surface area contributed by atoms with Crippen molar-refractivity contribution in [1.82, 2.24) is 10.7 Å². The number of carbonyl (C=O) groups is 2. The van der Waals surface area contributed by atoms with Crippen molar-refractivity contribution in [2.75, 3.05) is 19.0 Å². The minimum Gasteiger partial charge on any atom is -0.378 e. The van der Waals surface area contributed by atoms with Crippen molar-refractivity contribution in [3.8, 4) is 0 Å². The number of halogens is 1. The van der Waals surface area contributed by atoms with Crippen molar-refractivity contribution in [1.29, 1.82) is 0 Å². The number of anilines is 1. The molecule has 0 aliphatic heterocycles. The molecular weight excluding hydrogens is 424 g/mol. The van der Waals surface area contributed by atoms with Gasteiger partial charge in [-0.3, -0.25) is 9.59 Å². The van der Waals surface area contributed by atoms with E-state index in [1.165, 1.54) is 6.21 Å². The van der Waals surface area contributed by atoms with Gasteiger partial charge in [-0.15, -0.1) is 0 Å².